The fourth-order valence-electron chi connectivity index (χ4n) is 2.33. The van der Waals surface area contributed by atoms with Crippen LogP contribution in [0.5, 0.6) is 0 Å². The molecular formula is C16H24FN3. The van der Waals surface area contributed by atoms with Gasteiger partial charge in [0.05, 0.1) is 11.0 Å². The number of hydrogen-bond acceptors (Lipinski definition) is 2. The van der Waals surface area contributed by atoms with Crippen molar-refractivity contribution in [1.29, 1.82) is 0 Å². The zero-order chi connectivity index (χ0) is 14.6. The van der Waals surface area contributed by atoms with Gasteiger partial charge in [-0.1, -0.05) is 40.0 Å². The lowest BCUT2D eigenvalue weighted by molar-refractivity contribution is 0.342. The maximum absolute atomic E-state index is 13.1. The number of aromatic amines is 1. The fourth-order valence-corrected chi connectivity index (χ4v) is 2.33. The fraction of sp³-hybridized carbons (Fsp3) is 0.562. The van der Waals surface area contributed by atoms with E-state index in [2.05, 4.69) is 36.1 Å². The molecule has 0 atom stereocenters. The molecule has 2 aromatic rings. The number of rotatable bonds is 7. The van der Waals surface area contributed by atoms with Crippen LogP contribution in [0.15, 0.2) is 18.2 Å². The number of H-pyrrole nitrogens is 1. The third-order valence-electron chi connectivity index (χ3n) is 3.64. The predicted octanol–water partition coefficient (Wildman–Crippen LogP) is 4.72. The molecule has 0 aliphatic carbocycles. The molecule has 0 spiro atoms. The van der Waals surface area contributed by atoms with E-state index in [1.807, 2.05) is 0 Å². The van der Waals surface area contributed by atoms with Gasteiger partial charge in [-0.05, 0) is 30.0 Å². The minimum Gasteiger partial charge on any atom is -0.355 e. The smallest absolute Gasteiger partial charge is 0.201 e. The molecule has 3 nitrogen and oxygen atoms in total. The number of halogens is 1. The highest BCUT2D eigenvalue weighted by atomic mass is 19.1. The molecule has 2 N–H and O–H groups in total. The molecule has 0 bridgehead atoms. The molecule has 0 fully saturated rings. The lowest BCUT2D eigenvalue weighted by Crippen LogP contribution is -2.23. The highest BCUT2D eigenvalue weighted by molar-refractivity contribution is 5.77. The van der Waals surface area contributed by atoms with Gasteiger partial charge in [0, 0.05) is 6.54 Å². The van der Waals surface area contributed by atoms with Crippen LogP contribution in [0.4, 0.5) is 10.3 Å². The van der Waals surface area contributed by atoms with Crippen LogP contribution in [-0.4, -0.2) is 16.5 Å². The monoisotopic (exact) mass is 277 g/mol. The SMILES string of the molecule is CCCCCC(C)(C)CNc1nc2ccc(F)cc2[nH]1. The van der Waals surface area contributed by atoms with E-state index in [1.54, 1.807) is 6.07 Å². The van der Waals surface area contributed by atoms with Crippen LogP contribution >= 0.6 is 0 Å². The summed E-state index contributed by atoms with van der Waals surface area (Å²) in [5, 5.41) is 3.33. The summed E-state index contributed by atoms with van der Waals surface area (Å²) in [6, 6.07) is 4.60. The standard InChI is InChI=1S/C16H24FN3/c1-4-5-6-9-16(2,3)11-18-15-19-13-8-7-12(17)10-14(13)20-15/h7-8,10H,4-6,9,11H2,1-3H3,(H2,18,19,20). The van der Waals surface area contributed by atoms with Gasteiger partial charge in [-0.25, -0.2) is 9.37 Å². The number of benzene rings is 1. The molecule has 0 saturated carbocycles. The van der Waals surface area contributed by atoms with Gasteiger partial charge in [-0.2, -0.15) is 0 Å². The third-order valence-corrected chi connectivity index (χ3v) is 3.64. The molecule has 110 valence electrons. The molecule has 1 heterocycles. The van der Waals surface area contributed by atoms with Gasteiger partial charge in [0.25, 0.3) is 0 Å². The Morgan fingerprint density at radius 1 is 1.30 bits per heavy atom. The third kappa shape index (κ3) is 3.95. The lowest BCUT2D eigenvalue weighted by Gasteiger charge is -2.24. The number of fused-ring (bicyclic) bond motifs is 1. The van der Waals surface area contributed by atoms with E-state index in [4.69, 9.17) is 0 Å². The van der Waals surface area contributed by atoms with Crippen LogP contribution in [0.3, 0.4) is 0 Å². The van der Waals surface area contributed by atoms with Crippen molar-refractivity contribution in [3.63, 3.8) is 0 Å². The van der Waals surface area contributed by atoms with Gasteiger partial charge < -0.3 is 10.3 Å². The number of hydrogen-bond donors (Lipinski definition) is 2. The van der Waals surface area contributed by atoms with Crippen LogP contribution in [0.1, 0.15) is 46.5 Å². The predicted molar refractivity (Wildman–Crippen MR) is 82.5 cm³/mol. The van der Waals surface area contributed by atoms with E-state index in [0.29, 0.717) is 5.95 Å². The second kappa shape index (κ2) is 6.25. The quantitative estimate of drug-likeness (QED) is 0.719. The molecule has 20 heavy (non-hydrogen) atoms. The van der Waals surface area contributed by atoms with E-state index >= 15 is 0 Å². The van der Waals surface area contributed by atoms with Crippen LogP contribution in [0.25, 0.3) is 11.0 Å². The summed E-state index contributed by atoms with van der Waals surface area (Å²) < 4.78 is 13.1. The van der Waals surface area contributed by atoms with E-state index in [-0.39, 0.29) is 11.2 Å². The number of imidazole rings is 1. The Bertz CT molecular complexity index is 560. The largest absolute Gasteiger partial charge is 0.355 e. The number of anilines is 1. The molecule has 2 rings (SSSR count). The van der Waals surface area contributed by atoms with Crippen molar-refractivity contribution in [2.45, 2.75) is 46.5 Å². The second-order valence-electron chi connectivity index (χ2n) is 6.22. The molecule has 0 aliphatic heterocycles. The maximum Gasteiger partial charge on any atom is 0.201 e. The van der Waals surface area contributed by atoms with Gasteiger partial charge in [-0.3, -0.25) is 0 Å². The van der Waals surface area contributed by atoms with Gasteiger partial charge in [-0.15, -0.1) is 0 Å². The number of aromatic nitrogens is 2. The van der Waals surface area contributed by atoms with Crippen LogP contribution in [-0.2, 0) is 0 Å². The van der Waals surface area contributed by atoms with E-state index < -0.39 is 0 Å². The van der Waals surface area contributed by atoms with Crippen LogP contribution in [0, 0.1) is 11.2 Å². The molecule has 4 heteroatoms. The average molecular weight is 277 g/mol. The number of nitrogens with one attached hydrogen (secondary N) is 2. The second-order valence-corrected chi connectivity index (χ2v) is 6.22. The molecule has 0 radical (unpaired) electrons. The zero-order valence-corrected chi connectivity index (χ0v) is 12.6. The molecule has 0 unspecified atom stereocenters. The van der Waals surface area contributed by atoms with E-state index in [0.717, 1.165) is 17.6 Å². The Balaban J connectivity index is 1.94. The summed E-state index contributed by atoms with van der Waals surface area (Å²) in [7, 11) is 0. The highest BCUT2D eigenvalue weighted by Crippen LogP contribution is 2.24. The first-order valence-electron chi connectivity index (χ1n) is 7.39. The van der Waals surface area contributed by atoms with Crippen molar-refractivity contribution < 1.29 is 4.39 Å². The van der Waals surface area contributed by atoms with Gasteiger partial charge in [0.15, 0.2) is 0 Å². The topological polar surface area (TPSA) is 40.7 Å². The van der Waals surface area contributed by atoms with E-state index in [9.17, 15) is 4.39 Å². The summed E-state index contributed by atoms with van der Waals surface area (Å²) in [6.45, 7) is 7.60. The van der Waals surface area contributed by atoms with Gasteiger partial charge in [0.1, 0.15) is 5.82 Å². The average Bonchev–Trinajstić information content (AvgIpc) is 2.79. The number of nitrogens with zero attached hydrogens (tertiary/aromatic N) is 1. The highest BCUT2D eigenvalue weighted by Gasteiger charge is 2.17. The molecule has 0 aliphatic rings. The summed E-state index contributed by atoms with van der Waals surface area (Å²) in [4.78, 5) is 7.53. The van der Waals surface area contributed by atoms with Crippen molar-refractivity contribution in [1.82, 2.24) is 9.97 Å². The first-order chi connectivity index (χ1) is 9.50. The van der Waals surface area contributed by atoms with Crippen LogP contribution in [0.2, 0.25) is 0 Å². The van der Waals surface area contributed by atoms with Crippen molar-refractivity contribution >= 4 is 17.0 Å². The minimum absolute atomic E-state index is 0.236. The van der Waals surface area contributed by atoms with Crippen molar-refractivity contribution in [3.8, 4) is 0 Å². The Kier molecular flexibility index (Phi) is 4.63. The van der Waals surface area contributed by atoms with Crippen molar-refractivity contribution in [3.05, 3.63) is 24.0 Å². The van der Waals surface area contributed by atoms with Gasteiger partial charge in [0.2, 0.25) is 5.95 Å². The minimum atomic E-state index is -0.243. The molecule has 1 aromatic heterocycles. The molecule has 1 aromatic carbocycles. The summed E-state index contributed by atoms with van der Waals surface area (Å²) in [6.07, 6.45) is 4.99. The molecular weight excluding hydrogens is 253 g/mol. The summed E-state index contributed by atoms with van der Waals surface area (Å²) in [5.74, 6) is 0.474. The normalized spacial score (nSPS) is 12.0. The maximum atomic E-state index is 13.1. The number of unbranched alkanes of at least 4 members (excludes halogenated alkanes) is 2. The first kappa shape index (κ1) is 14.8. The van der Waals surface area contributed by atoms with Crippen molar-refractivity contribution in [2.24, 2.45) is 5.41 Å². The van der Waals surface area contributed by atoms with Crippen LogP contribution < -0.4 is 5.32 Å². The Labute approximate surface area is 120 Å². The zero-order valence-electron chi connectivity index (χ0n) is 12.6. The Morgan fingerprint density at radius 2 is 2.10 bits per heavy atom. The first-order valence-corrected chi connectivity index (χ1v) is 7.39. The Hall–Kier alpha value is -1.58. The van der Waals surface area contributed by atoms with E-state index in [1.165, 1.54) is 37.8 Å². The summed E-state index contributed by atoms with van der Waals surface area (Å²) >= 11 is 0. The molecule has 0 saturated heterocycles. The summed E-state index contributed by atoms with van der Waals surface area (Å²) in [5.41, 5.74) is 1.76. The Morgan fingerprint density at radius 3 is 2.85 bits per heavy atom. The van der Waals surface area contributed by atoms with Gasteiger partial charge >= 0.3 is 0 Å². The van der Waals surface area contributed by atoms with Crippen molar-refractivity contribution in [2.75, 3.05) is 11.9 Å². The lowest BCUT2D eigenvalue weighted by atomic mass is 9.87. The molecule has 0 amide bonds.